The van der Waals surface area contributed by atoms with Crippen LogP contribution in [0.3, 0.4) is 0 Å². The minimum atomic E-state index is -0.910. The Morgan fingerprint density at radius 1 is 1.10 bits per heavy atom. The highest BCUT2D eigenvalue weighted by molar-refractivity contribution is 5.64. The summed E-state index contributed by atoms with van der Waals surface area (Å²) in [7, 11) is 0. The van der Waals surface area contributed by atoms with E-state index < -0.39 is 17.2 Å². The Labute approximate surface area is 118 Å². The molecule has 0 aliphatic heterocycles. The zero-order chi connectivity index (χ0) is 15.3. The van der Waals surface area contributed by atoms with Crippen molar-refractivity contribution in [3.63, 3.8) is 0 Å². The van der Waals surface area contributed by atoms with Gasteiger partial charge in [-0.05, 0) is 58.9 Å². The third-order valence-electron chi connectivity index (χ3n) is 2.00. The van der Waals surface area contributed by atoms with Gasteiger partial charge in [-0.15, -0.1) is 0 Å². The Bertz CT molecular complexity index is 529. The Morgan fingerprint density at radius 3 is 2.25 bits per heavy atom. The lowest BCUT2D eigenvalue weighted by Crippen LogP contribution is -2.26. The van der Waals surface area contributed by atoms with Crippen LogP contribution < -0.4 is 14.9 Å². The summed E-state index contributed by atoms with van der Waals surface area (Å²) in [4.78, 5) is 23.3. The van der Waals surface area contributed by atoms with E-state index in [0.29, 0.717) is 5.75 Å². The van der Waals surface area contributed by atoms with Gasteiger partial charge in [0.15, 0.2) is 5.75 Å². The average Bonchev–Trinajstić information content (AvgIpc) is 2.41. The molecular weight excluding hydrogens is 260 g/mol. The van der Waals surface area contributed by atoms with Gasteiger partial charge in [-0.3, -0.25) is 4.79 Å². The van der Waals surface area contributed by atoms with Crippen LogP contribution in [0.2, 0.25) is 0 Å². The lowest BCUT2D eigenvalue weighted by molar-refractivity contribution is 0.0204. The van der Waals surface area contributed by atoms with Crippen molar-refractivity contribution in [3.8, 4) is 11.5 Å². The summed E-state index contributed by atoms with van der Waals surface area (Å²) >= 11 is 0. The molecule has 1 aromatic rings. The fourth-order valence-electron chi connectivity index (χ4n) is 1.33. The topological polar surface area (TPSA) is 61.8 Å². The van der Waals surface area contributed by atoms with E-state index in [1.54, 1.807) is 26.8 Å². The van der Waals surface area contributed by atoms with E-state index in [1.165, 1.54) is 18.2 Å². The molecule has 0 aliphatic rings. The maximum Gasteiger partial charge on any atom is 0.514 e. The van der Waals surface area contributed by atoms with Crippen LogP contribution in [0.5, 0.6) is 11.5 Å². The van der Waals surface area contributed by atoms with E-state index in [0.717, 1.165) is 0 Å². The minimum absolute atomic E-state index is 0.0114. The summed E-state index contributed by atoms with van der Waals surface area (Å²) in [5, 5.41) is 0. The first-order valence-electron chi connectivity index (χ1n) is 6.39. The molecule has 0 radical (unpaired) electrons. The quantitative estimate of drug-likeness (QED) is 0.796. The van der Waals surface area contributed by atoms with Crippen molar-refractivity contribution in [2.24, 2.45) is 0 Å². The largest absolute Gasteiger partial charge is 0.514 e. The van der Waals surface area contributed by atoms with Crippen LogP contribution in [0, 0.1) is 0 Å². The molecule has 0 saturated heterocycles. The highest BCUT2D eigenvalue weighted by Gasteiger charge is 2.18. The van der Waals surface area contributed by atoms with Crippen molar-refractivity contribution in [2.45, 2.75) is 46.3 Å². The molecule has 0 saturated carbocycles. The van der Waals surface area contributed by atoms with Gasteiger partial charge in [-0.1, -0.05) is 0 Å². The zero-order valence-corrected chi connectivity index (χ0v) is 12.4. The molecule has 1 aromatic carbocycles. The maximum atomic E-state index is 11.8. The SMILES string of the molecule is CC(C)Oc1ccc(OC(=O)OC(C)(C)C)c(=O)cc1. The van der Waals surface area contributed by atoms with Crippen molar-refractivity contribution >= 4 is 6.16 Å². The number of carbonyl (C=O) groups is 1. The number of carbonyl (C=O) groups excluding carboxylic acids is 1. The summed E-state index contributed by atoms with van der Waals surface area (Å²) < 4.78 is 15.4. The Kier molecular flexibility index (Phi) is 5.13. The first-order valence-corrected chi connectivity index (χ1v) is 6.39. The highest BCUT2D eigenvalue weighted by atomic mass is 16.7. The van der Waals surface area contributed by atoms with Crippen LogP contribution in [0.4, 0.5) is 4.79 Å². The lowest BCUT2D eigenvalue weighted by Gasteiger charge is -2.18. The van der Waals surface area contributed by atoms with Crippen LogP contribution in [0.25, 0.3) is 0 Å². The van der Waals surface area contributed by atoms with Crippen molar-refractivity contribution in [3.05, 3.63) is 34.5 Å². The molecule has 0 aromatic heterocycles. The van der Waals surface area contributed by atoms with Gasteiger partial charge in [-0.25, -0.2) is 4.79 Å². The molecule has 0 unspecified atom stereocenters. The molecule has 0 aliphatic carbocycles. The Hall–Kier alpha value is -2.04. The fraction of sp³-hybridized carbons (Fsp3) is 0.467. The molecule has 0 amide bonds. The van der Waals surface area contributed by atoms with Gasteiger partial charge in [0.05, 0.1) is 6.10 Å². The first-order chi connectivity index (χ1) is 9.17. The Morgan fingerprint density at radius 2 is 1.70 bits per heavy atom. The number of ether oxygens (including phenoxy) is 3. The predicted molar refractivity (Wildman–Crippen MR) is 75.3 cm³/mol. The van der Waals surface area contributed by atoms with Gasteiger partial charge >= 0.3 is 6.16 Å². The van der Waals surface area contributed by atoms with E-state index in [2.05, 4.69) is 0 Å². The molecular formula is C15H20O5. The second kappa shape index (κ2) is 6.41. The molecule has 0 bridgehead atoms. The second-order valence-corrected chi connectivity index (χ2v) is 5.53. The van der Waals surface area contributed by atoms with E-state index >= 15 is 0 Å². The summed E-state index contributed by atoms with van der Waals surface area (Å²) in [6.07, 6.45) is -0.921. The van der Waals surface area contributed by atoms with Gasteiger partial charge < -0.3 is 14.2 Å². The van der Waals surface area contributed by atoms with Crippen molar-refractivity contribution in [1.82, 2.24) is 0 Å². The zero-order valence-electron chi connectivity index (χ0n) is 12.4. The van der Waals surface area contributed by atoms with Crippen LogP contribution in [0.15, 0.2) is 29.1 Å². The number of rotatable bonds is 3. The molecule has 0 heterocycles. The van der Waals surface area contributed by atoms with Gasteiger partial charge in [0.1, 0.15) is 11.4 Å². The van der Waals surface area contributed by atoms with Crippen LogP contribution >= 0.6 is 0 Å². The van der Waals surface area contributed by atoms with Crippen LogP contribution in [0.1, 0.15) is 34.6 Å². The maximum absolute atomic E-state index is 11.8. The smallest absolute Gasteiger partial charge is 0.491 e. The van der Waals surface area contributed by atoms with Crippen LogP contribution in [-0.2, 0) is 4.74 Å². The Balaban J connectivity index is 2.89. The van der Waals surface area contributed by atoms with Gasteiger partial charge in [0, 0.05) is 0 Å². The predicted octanol–water partition coefficient (Wildman–Crippen LogP) is 3.15. The lowest BCUT2D eigenvalue weighted by atomic mass is 10.2. The van der Waals surface area contributed by atoms with Crippen molar-refractivity contribution < 1.29 is 19.0 Å². The van der Waals surface area contributed by atoms with Gasteiger partial charge in [0.2, 0.25) is 5.43 Å². The second-order valence-electron chi connectivity index (χ2n) is 5.53. The average molecular weight is 280 g/mol. The van der Waals surface area contributed by atoms with E-state index in [-0.39, 0.29) is 11.9 Å². The molecule has 20 heavy (non-hydrogen) atoms. The van der Waals surface area contributed by atoms with Crippen molar-refractivity contribution in [2.75, 3.05) is 0 Å². The fourth-order valence-corrected chi connectivity index (χ4v) is 1.33. The monoisotopic (exact) mass is 280 g/mol. The number of hydrogen-bond acceptors (Lipinski definition) is 5. The van der Waals surface area contributed by atoms with Gasteiger partial charge in [0.25, 0.3) is 0 Å². The molecule has 0 N–H and O–H groups in total. The third kappa shape index (κ3) is 5.73. The molecule has 110 valence electrons. The van der Waals surface area contributed by atoms with E-state index in [4.69, 9.17) is 14.2 Å². The first kappa shape index (κ1) is 16.0. The van der Waals surface area contributed by atoms with E-state index in [1.807, 2.05) is 13.8 Å². The molecule has 0 spiro atoms. The molecule has 1 rings (SSSR count). The van der Waals surface area contributed by atoms with Gasteiger partial charge in [-0.2, -0.15) is 0 Å². The molecule has 0 atom stereocenters. The standard InChI is InChI=1S/C15H20O5/c1-10(2)18-11-6-8-12(16)13(9-7-11)19-14(17)20-15(3,4)5/h6-10H,1-5H3. The summed E-state index contributed by atoms with van der Waals surface area (Å²) in [6.45, 7) is 8.90. The normalized spacial score (nSPS) is 11.1. The number of hydrogen-bond donors (Lipinski definition) is 0. The summed E-state index contributed by atoms with van der Waals surface area (Å²) in [5.41, 5.74) is -1.10. The molecule has 5 heteroatoms. The third-order valence-corrected chi connectivity index (χ3v) is 2.00. The minimum Gasteiger partial charge on any atom is -0.491 e. The van der Waals surface area contributed by atoms with Crippen LogP contribution in [-0.4, -0.2) is 17.9 Å². The highest BCUT2D eigenvalue weighted by Crippen LogP contribution is 2.14. The summed E-state index contributed by atoms with van der Waals surface area (Å²) in [5.74, 6) is 0.425. The van der Waals surface area contributed by atoms with E-state index in [9.17, 15) is 9.59 Å². The summed E-state index contributed by atoms with van der Waals surface area (Å²) in [6, 6.07) is 5.78. The molecule has 5 nitrogen and oxygen atoms in total. The van der Waals surface area contributed by atoms with Crippen molar-refractivity contribution in [1.29, 1.82) is 0 Å². The molecule has 0 fully saturated rings.